The molecule has 0 saturated heterocycles. The van der Waals surface area contributed by atoms with Crippen molar-refractivity contribution in [2.24, 2.45) is 0 Å². The molecule has 0 radical (unpaired) electrons. The summed E-state index contributed by atoms with van der Waals surface area (Å²) in [6.07, 6.45) is 3.71. The zero-order valence-electron chi connectivity index (χ0n) is 11.3. The van der Waals surface area contributed by atoms with Gasteiger partial charge in [-0.05, 0) is 44.7 Å². The van der Waals surface area contributed by atoms with Gasteiger partial charge in [0.05, 0.1) is 0 Å². The molecule has 102 valence electrons. The number of hydrogen-bond donors (Lipinski definition) is 2. The highest BCUT2D eigenvalue weighted by Crippen LogP contribution is 2.16. The van der Waals surface area contributed by atoms with Crippen molar-refractivity contribution in [1.29, 1.82) is 0 Å². The molecule has 1 aromatic rings. The van der Waals surface area contributed by atoms with Crippen LogP contribution in [0.5, 0.6) is 0 Å². The average molecular weight is 251 g/mol. The smallest absolute Gasteiger partial charge is 0.0431 e. The molecule has 3 heteroatoms. The number of hydrogen-bond acceptors (Lipinski definition) is 3. The number of rotatable bonds is 9. The second kappa shape index (κ2) is 8.95. The number of aliphatic hydroxyl groups excluding tert-OH is 2. The Hall–Kier alpha value is -1.06. The lowest BCUT2D eigenvalue weighted by molar-refractivity contribution is 0.282. The average Bonchev–Trinajstić information content (AvgIpc) is 2.38. The van der Waals surface area contributed by atoms with Crippen molar-refractivity contribution < 1.29 is 10.2 Å². The molecule has 18 heavy (non-hydrogen) atoms. The fourth-order valence-corrected chi connectivity index (χ4v) is 1.95. The first kappa shape index (κ1) is 15.0. The van der Waals surface area contributed by atoms with Crippen LogP contribution in [0.15, 0.2) is 24.3 Å². The molecular weight excluding hydrogens is 226 g/mol. The number of aryl methyl sites for hydroxylation is 1. The van der Waals surface area contributed by atoms with Gasteiger partial charge in [0, 0.05) is 32.0 Å². The third-order valence-corrected chi connectivity index (χ3v) is 3.07. The summed E-state index contributed by atoms with van der Waals surface area (Å²) in [7, 11) is 0. The van der Waals surface area contributed by atoms with E-state index in [1.54, 1.807) is 0 Å². The van der Waals surface area contributed by atoms with E-state index in [1.807, 2.05) is 0 Å². The Kier molecular flexibility index (Phi) is 7.46. The summed E-state index contributed by atoms with van der Waals surface area (Å²) in [5, 5.41) is 17.7. The third kappa shape index (κ3) is 5.52. The van der Waals surface area contributed by atoms with Crippen LogP contribution < -0.4 is 4.90 Å². The van der Waals surface area contributed by atoms with Crippen LogP contribution in [-0.2, 0) is 0 Å². The highest BCUT2D eigenvalue weighted by Gasteiger charge is 2.05. The van der Waals surface area contributed by atoms with Crippen LogP contribution >= 0.6 is 0 Å². The normalized spacial score (nSPS) is 10.6. The van der Waals surface area contributed by atoms with Crippen LogP contribution in [0.25, 0.3) is 0 Å². The number of benzene rings is 1. The van der Waals surface area contributed by atoms with Crippen molar-refractivity contribution in [3.63, 3.8) is 0 Å². The van der Waals surface area contributed by atoms with E-state index in [4.69, 9.17) is 10.2 Å². The Morgan fingerprint density at radius 3 is 1.78 bits per heavy atom. The second-order valence-corrected chi connectivity index (χ2v) is 4.68. The van der Waals surface area contributed by atoms with Crippen molar-refractivity contribution in [1.82, 2.24) is 0 Å². The topological polar surface area (TPSA) is 43.7 Å². The van der Waals surface area contributed by atoms with Gasteiger partial charge in [0.1, 0.15) is 0 Å². The molecule has 0 unspecified atom stereocenters. The minimum absolute atomic E-state index is 0.262. The molecule has 0 amide bonds. The first-order valence-corrected chi connectivity index (χ1v) is 6.81. The zero-order chi connectivity index (χ0) is 13.2. The first-order valence-electron chi connectivity index (χ1n) is 6.81. The lowest BCUT2D eigenvalue weighted by atomic mass is 10.2. The third-order valence-electron chi connectivity index (χ3n) is 3.07. The zero-order valence-corrected chi connectivity index (χ0v) is 11.3. The highest BCUT2D eigenvalue weighted by molar-refractivity contribution is 5.47. The standard InChI is InChI=1S/C15H25NO2/c1-14-6-8-15(9-7-14)16(10-2-4-12-17)11-3-5-13-18/h6-9,17-18H,2-5,10-13H2,1H3. The minimum Gasteiger partial charge on any atom is -0.396 e. The van der Waals surface area contributed by atoms with E-state index in [9.17, 15) is 0 Å². The summed E-state index contributed by atoms with van der Waals surface area (Å²) in [5.41, 5.74) is 2.50. The van der Waals surface area contributed by atoms with Crippen LogP contribution in [0, 0.1) is 6.92 Å². The van der Waals surface area contributed by atoms with Gasteiger partial charge < -0.3 is 15.1 Å². The summed E-state index contributed by atoms with van der Waals surface area (Å²) >= 11 is 0. The van der Waals surface area contributed by atoms with Gasteiger partial charge in [-0.2, -0.15) is 0 Å². The molecule has 0 bridgehead atoms. The lowest BCUT2D eigenvalue weighted by Gasteiger charge is -2.25. The van der Waals surface area contributed by atoms with Gasteiger partial charge >= 0.3 is 0 Å². The van der Waals surface area contributed by atoms with Crippen molar-refractivity contribution in [2.45, 2.75) is 32.6 Å². The van der Waals surface area contributed by atoms with Gasteiger partial charge in [-0.1, -0.05) is 17.7 Å². The van der Waals surface area contributed by atoms with Crippen molar-refractivity contribution in [3.8, 4) is 0 Å². The molecule has 2 N–H and O–H groups in total. The van der Waals surface area contributed by atoms with E-state index in [-0.39, 0.29) is 13.2 Å². The molecule has 0 saturated carbocycles. The largest absolute Gasteiger partial charge is 0.396 e. The Labute approximate surface area is 110 Å². The summed E-state index contributed by atoms with van der Waals surface area (Å²) in [4.78, 5) is 2.34. The predicted molar refractivity (Wildman–Crippen MR) is 76.0 cm³/mol. The SMILES string of the molecule is Cc1ccc(N(CCCCO)CCCCO)cc1. The molecule has 0 fully saturated rings. The highest BCUT2D eigenvalue weighted by atomic mass is 16.3. The maximum atomic E-state index is 8.85. The van der Waals surface area contributed by atoms with E-state index in [0.717, 1.165) is 38.8 Å². The number of aliphatic hydroxyl groups is 2. The maximum absolute atomic E-state index is 8.85. The quantitative estimate of drug-likeness (QED) is 0.662. The molecular formula is C15H25NO2. The van der Waals surface area contributed by atoms with E-state index in [0.29, 0.717) is 0 Å². The molecule has 0 spiro atoms. The molecule has 0 aliphatic rings. The summed E-state index contributed by atoms with van der Waals surface area (Å²) in [6.45, 7) is 4.55. The summed E-state index contributed by atoms with van der Waals surface area (Å²) < 4.78 is 0. The van der Waals surface area contributed by atoms with Gasteiger partial charge in [0.25, 0.3) is 0 Å². The van der Waals surface area contributed by atoms with Gasteiger partial charge in [0.2, 0.25) is 0 Å². The van der Waals surface area contributed by atoms with Crippen molar-refractivity contribution >= 4 is 5.69 Å². The summed E-state index contributed by atoms with van der Waals surface area (Å²) in [5.74, 6) is 0. The molecule has 0 aromatic heterocycles. The van der Waals surface area contributed by atoms with Gasteiger partial charge in [0.15, 0.2) is 0 Å². The Morgan fingerprint density at radius 2 is 1.33 bits per heavy atom. The monoisotopic (exact) mass is 251 g/mol. The number of anilines is 1. The molecule has 3 nitrogen and oxygen atoms in total. The minimum atomic E-state index is 0.262. The molecule has 0 atom stereocenters. The van der Waals surface area contributed by atoms with Gasteiger partial charge in [-0.15, -0.1) is 0 Å². The Balaban J connectivity index is 2.54. The fraction of sp³-hybridized carbons (Fsp3) is 0.600. The van der Waals surface area contributed by atoms with E-state index >= 15 is 0 Å². The van der Waals surface area contributed by atoms with Crippen LogP contribution in [0.2, 0.25) is 0 Å². The predicted octanol–water partition coefficient (Wildman–Crippen LogP) is 2.35. The van der Waals surface area contributed by atoms with Crippen LogP contribution in [0.4, 0.5) is 5.69 Å². The Morgan fingerprint density at radius 1 is 0.833 bits per heavy atom. The van der Waals surface area contributed by atoms with Gasteiger partial charge in [-0.25, -0.2) is 0 Å². The van der Waals surface area contributed by atoms with E-state index in [1.165, 1.54) is 11.3 Å². The summed E-state index contributed by atoms with van der Waals surface area (Å²) in [6, 6.07) is 8.54. The fourth-order valence-electron chi connectivity index (χ4n) is 1.95. The maximum Gasteiger partial charge on any atom is 0.0431 e. The van der Waals surface area contributed by atoms with E-state index in [2.05, 4.69) is 36.1 Å². The van der Waals surface area contributed by atoms with Crippen LogP contribution in [0.1, 0.15) is 31.2 Å². The molecule has 0 aliphatic carbocycles. The molecule has 1 rings (SSSR count). The number of nitrogens with zero attached hydrogens (tertiary/aromatic N) is 1. The van der Waals surface area contributed by atoms with Crippen LogP contribution in [0.3, 0.4) is 0 Å². The molecule has 0 heterocycles. The van der Waals surface area contributed by atoms with E-state index < -0.39 is 0 Å². The Bertz CT molecular complexity index is 301. The number of unbranched alkanes of at least 4 members (excludes halogenated alkanes) is 2. The molecule has 0 aliphatic heterocycles. The van der Waals surface area contributed by atoms with Crippen molar-refractivity contribution in [2.75, 3.05) is 31.2 Å². The van der Waals surface area contributed by atoms with Crippen LogP contribution in [-0.4, -0.2) is 36.5 Å². The van der Waals surface area contributed by atoms with Crippen molar-refractivity contribution in [3.05, 3.63) is 29.8 Å². The molecule has 1 aromatic carbocycles. The first-order chi connectivity index (χ1) is 8.77. The second-order valence-electron chi connectivity index (χ2n) is 4.68. The van der Waals surface area contributed by atoms with Gasteiger partial charge in [-0.3, -0.25) is 0 Å². The lowest BCUT2D eigenvalue weighted by Crippen LogP contribution is -2.26.